The Bertz CT molecular complexity index is 421. The first-order valence-corrected chi connectivity index (χ1v) is 7.54. The van der Waals surface area contributed by atoms with E-state index in [0.29, 0.717) is 18.1 Å². The second kappa shape index (κ2) is 6.02. The highest BCUT2D eigenvalue weighted by Crippen LogP contribution is 2.34. The van der Waals surface area contributed by atoms with Gasteiger partial charge < -0.3 is 15.2 Å². The van der Waals surface area contributed by atoms with Crippen molar-refractivity contribution in [3.8, 4) is 11.5 Å². The van der Waals surface area contributed by atoms with Crippen LogP contribution < -0.4 is 15.2 Å². The van der Waals surface area contributed by atoms with Gasteiger partial charge in [0.2, 0.25) is 0 Å². The minimum absolute atomic E-state index is 0.409. The molecular formula is C16H24N2O2. The lowest BCUT2D eigenvalue weighted by Crippen LogP contribution is -2.48. The Balaban J connectivity index is 1.48. The van der Waals surface area contributed by atoms with Crippen LogP contribution in [0, 0.1) is 0 Å². The minimum atomic E-state index is 0.409. The van der Waals surface area contributed by atoms with Gasteiger partial charge in [-0.05, 0) is 49.9 Å². The maximum Gasteiger partial charge on any atom is 0.119 e. The summed E-state index contributed by atoms with van der Waals surface area (Å²) >= 11 is 0. The molecule has 1 aromatic carbocycles. The molecule has 2 atom stereocenters. The van der Waals surface area contributed by atoms with Crippen molar-refractivity contribution in [2.45, 2.75) is 43.8 Å². The zero-order chi connectivity index (χ0) is 13.9. The molecule has 0 spiro atoms. The molecule has 0 aromatic heterocycles. The van der Waals surface area contributed by atoms with Crippen LogP contribution in [-0.2, 0) is 0 Å². The summed E-state index contributed by atoms with van der Waals surface area (Å²) < 4.78 is 11.0. The summed E-state index contributed by atoms with van der Waals surface area (Å²) in [5, 5.41) is 0. The van der Waals surface area contributed by atoms with E-state index in [-0.39, 0.29) is 0 Å². The Kier molecular flexibility index (Phi) is 4.13. The highest BCUT2D eigenvalue weighted by Gasteiger charge is 2.39. The Morgan fingerprint density at radius 1 is 1.10 bits per heavy atom. The molecule has 4 heteroatoms. The number of ether oxygens (including phenoxy) is 2. The number of piperidine rings is 1. The molecule has 20 heavy (non-hydrogen) atoms. The highest BCUT2D eigenvalue weighted by atomic mass is 16.5. The fourth-order valence-electron chi connectivity index (χ4n) is 3.62. The van der Waals surface area contributed by atoms with Crippen LogP contribution in [0.5, 0.6) is 11.5 Å². The van der Waals surface area contributed by atoms with E-state index in [4.69, 9.17) is 15.2 Å². The molecule has 2 aliphatic heterocycles. The van der Waals surface area contributed by atoms with Crippen molar-refractivity contribution in [1.29, 1.82) is 0 Å². The third-order valence-electron chi connectivity index (χ3n) is 4.60. The van der Waals surface area contributed by atoms with Gasteiger partial charge in [-0.1, -0.05) is 0 Å². The van der Waals surface area contributed by atoms with E-state index in [9.17, 15) is 0 Å². The highest BCUT2D eigenvalue weighted by molar-refractivity contribution is 5.31. The smallest absolute Gasteiger partial charge is 0.119 e. The Hall–Kier alpha value is -1.26. The molecular weight excluding hydrogens is 252 g/mol. The molecule has 2 unspecified atom stereocenters. The molecule has 110 valence electrons. The number of benzene rings is 1. The van der Waals surface area contributed by atoms with E-state index in [1.54, 1.807) is 7.11 Å². The summed E-state index contributed by atoms with van der Waals surface area (Å²) in [5.74, 6) is 1.77. The van der Waals surface area contributed by atoms with Crippen molar-refractivity contribution in [3.63, 3.8) is 0 Å². The number of fused-ring (bicyclic) bond motifs is 2. The van der Waals surface area contributed by atoms with Crippen molar-refractivity contribution in [1.82, 2.24) is 4.90 Å². The number of hydrogen-bond donors (Lipinski definition) is 1. The Morgan fingerprint density at radius 3 is 2.30 bits per heavy atom. The second-order valence-corrected chi connectivity index (χ2v) is 5.88. The fraction of sp³-hybridized carbons (Fsp3) is 0.625. The summed E-state index contributed by atoms with van der Waals surface area (Å²) in [6.45, 7) is 1.75. The van der Waals surface area contributed by atoms with Crippen LogP contribution in [0.3, 0.4) is 0 Å². The lowest BCUT2D eigenvalue weighted by Gasteiger charge is -2.37. The first-order chi connectivity index (χ1) is 9.76. The molecule has 2 aliphatic rings. The van der Waals surface area contributed by atoms with Crippen LogP contribution in [-0.4, -0.2) is 43.3 Å². The summed E-state index contributed by atoms with van der Waals surface area (Å²) in [6.07, 6.45) is 4.92. The van der Waals surface area contributed by atoms with E-state index in [1.807, 2.05) is 24.3 Å². The third-order valence-corrected chi connectivity index (χ3v) is 4.60. The average molecular weight is 276 g/mol. The molecule has 0 amide bonds. The fourth-order valence-corrected chi connectivity index (χ4v) is 3.62. The predicted molar refractivity (Wildman–Crippen MR) is 79.2 cm³/mol. The van der Waals surface area contributed by atoms with Crippen molar-refractivity contribution < 1.29 is 9.47 Å². The summed E-state index contributed by atoms with van der Waals surface area (Å²) in [6, 6.07) is 9.55. The molecule has 1 aromatic rings. The lowest BCUT2D eigenvalue weighted by atomic mass is 9.98. The summed E-state index contributed by atoms with van der Waals surface area (Å²) in [5.41, 5.74) is 6.10. The zero-order valence-corrected chi connectivity index (χ0v) is 12.1. The standard InChI is InChI=1S/C16H24N2O2/c1-19-15-4-6-16(7-5-15)20-9-8-18-13-2-3-14(18)11-12(17)10-13/h4-7,12-14H,2-3,8-11,17H2,1H3. The second-order valence-electron chi connectivity index (χ2n) is 5.88. The summed E-state index contributed by atoms with van der Waals surface area (Å²) in [4.78, 5) is 2.60. The Morgan fingerprint density at radius 2 is 1.70 bits per heavy atom. The first-order valence-electron chi connectivity index (χ1n) is 7.54. The molecule has 4 nitrogen and oxygen atoms in total. The van der Waals surface area contributed by atoms with Gasteiger partial charge in [-0.2, -0.15) is 0 Å². The van der Waals surface area contributed by atoms with Gasteiger partial charge in [0.15, 0.2) is 0 Å². The van der Waals surface area contributed by atoms with Crippen molar-refractivity contribution in [2.24, 2.45) is 5.73 Å². The maximum atomic E-state index is 6.10. The van der Waals surface area contributed by atoms with Gasteiger partial charge >= 0.3 is 0 Å². The number of rotatable bonds is 5. The van der Waals surface area contributed by atoms with E-state index >= 15 is 0 Å². The third kappa shape index (κ3) is 2.91. The van der Waals surface area contributed by atoms with Gasteiger partial charge in [0, 0.05) is 24.7 Å². The van der Waals surface area contributed by atoms with Gasteiger partial charge in [-0.25, -0.2) is 0 Å². The van der Waals surface area contributed by atoms with Crippen LogP contribution in [0.15, 0.2) is 24.3 Å². The monoisotopic (exact) mass is 276 g/mol. The van der Waals surface area contributed by atoms with Crippen molar-refractivity contribution in [2.75, 3.05) is 20.3 Å². The number of nitrogens with two attached hydrogens (primary N) is 1. The molecule has 0 radical (unpaired) electrons. The molecule has 2 bridgehead atoms. The molecule has 3 rings (SSSR count). The molecule has 2 saturated heterocycles. The quantitative estimate of drug-likeness (QED) is 0.894. The van der Waals surface area contributed by atoms with Gasteiger partial charge in [0.25, 0.3) is 0 Å². The van der Waals surface area contributed by atoms with Crippen LogP contribution in [0.4, 0.5) is 0 Å². The molecule has 2 heterocycles. The van der Waals surface area contributed by atoms with Crippen LogP contribution >= 0.6 is 0 Å². The van der Waals surface area contributed by atoms with Crippen molar-refractivity contribution in [3.05, 3.63) is 24.3 Å². The Labute approximate surface area is 120 Å². The van der Waals surface area contributed by atoms with E-state index < -0.39 is 0 Å². The van der Waals surface area contributed by atoms with Gasteiger partial charge in [-0.3, -0.25) is 4.90 Å². The molecule has 0 aliphatic carbocycles. The van der Waals surface area contributed by atoms with E-state index in [1.165, 1.54) is 12.8 Å². The zero-order valence-electron chi connectivity index (χ0n) is 12.1. The molecule has 0 saturated carbocycles. The van der Waals surface area contributed by atoms with Gasteiger partial charge in [-0.15, -0.1) is 0 Å². The normalized spacial score (nSPS) is 29.4. The van der Waals surface area contributed by atoms with E-state index in [2.05, 4.69) is 4.90 Å². The lowest BCUT2D eigenvalue weighted by molar-refractivity contribution is 0.106. The predicted octanol–water partition coefficient (Wildman–Crippen LogP) is 2.03. The first kappa shape index (κ1) is 13.7. The summed E-state index contributed by atoms with van der Waals surface area (Å²) in [7, 11) is 1.67. The van der Waals surface area contributed by atoms with Crippen molar-refractivity contribution >= 4 is 0 Å². The van der Waals surface area contributed by atoms with Crippen LogP contribution in [0.25, 0.3) is 0 Å². The number of nitrogens with zero attached hydrogens (tertiary/aromatic N) is 1. The minimum Gasteiger partial charge on any atom is -0.497 e. The molecule has 2 N–H and O–H groups in total. The van der Waals surface area contributed by atoms with Crippen LogP contribution in [0.2, 0.25) is 0 Å². The SMILES string of the molecule is COc1ccc(OCCN2C3CCC2CC(N)C3)cc1. The van der Waals surface area contributed by atoms with Gasteiger partial charge in [0.1, 0.15) is 18.1 Å². The maximum absolute atomic E-state index is 6.10. The largest absolute Gasteiger partial charge is 0.497 e. The van der Waals surface area contributed by atoms with E-state index in [0.717, 1.165) is 37.5 Å². The molecule has 2 fully saturated rings. The topological polar surface area (TPSA) is 47.7 Å². The average Bonchev–Trinajstić information content (AvgIpc) is 2.70. The number of methoxy groups -OCH3 is 1. The van der Waals surface area contributed by atoms with Gasteiger partial charge in [0.05, 0.1) is 7.11 Å². The number of hydrogen-bond acceptors (Lipinski definition) is 4. The van der Waals surface area contributed by atoms with Crippen LogP contribution in [0.1, 0.15) is 25.7 Å².